The van der Waals surface area contributed by atoms with E-state index in [9.17, 15) is 4.79 Å². The Hall–Kier alpha value is -2.99. The Labute approximate surface area is 165 Å². The van der Waals surface area contributed by atoms with Crippen LogP contribution in [-0.4, -0.2) is 38.2 Å². The zero-order chi connectivity index (χ0) is 19.2. The number of rotatable bonds is 7. The van der Waals surface area contributed by atoms with Crippen molar-refractivity contribution >= 4 is 11.7 Å². The van der Waals surface area contributed by atoms with Crippen LogP contribution in [0.1, 0.15) is 24.0 Å². The smallest absolute Gasteiger partial charge is 0.242 e. The molecule has 1 aliphatic heterocycles. The summed E-state index contributed by atoms with van der Waals surface area (Å²) < 4.78 is 1.87. The van der Waals surface area contributed by atoms with Crippen molar-refractivity contribution in [2.45, 2.75) is 38.4 Å². The van der Waals surface area contributed by atoms with Gasteiger partial charge in [0.25, 0.3) is 0 Å². The third kappa shape index (κ3) is 4.64. The molecule has 1 N–H and O–H groups in total. The average molecular weight is 375 g/mol. The number of aromatic nitrogens is 3. The largest absolute Gasteiger partial charge is 0.308 e. The number of likely N-dealkylation sites (tertiary alicyclic amines) is 1. The lowest BCUT2D eigenvalue weighted by atomic mass is 10.1. The summed E-state index contributed by atoms with van der Waals surface area (Å²) in [4.78, 5) is 19.1. The minimum atomic E-state index is -0.0952. The molecule has 1 saturated heterocycles. The molecule has 0 bridgehead atoms. The first-order valence-corrected chi connectivity index (χ1v) is 9.79. The second-order valence-corrected chi connectivity index (χ2v) is 7.17. The molecule has 1 amide bonds. The summed E-state index contributed by atoms with van der Waals surface area (Å²) in [6, 6.07) is 16.1. The zero-order valence-corrected chi connectivity index (χ0v) is 15.9. The Morgan fingerprint density at radius 3 is 2.71 bits per heavy atom. The van der Waals surface area contributed by atoms with Gasteiger partial charge in [0.2, 0.25) is 5.91 Å². The monoisotopic (exact) mass is 375 g/mol. The van der Waals surface area contributed by atoms with Crippen molar-refractivity contribution < 1.29 is 4.79 Å². The van der Waals surface area contributed by atoms with Crippen LogP contribution in [0.5, 0.6) is 0 Å². The van der Waals surface area contributed by atoms with E-state index in [0.29, 0.717) is 5.82 Å². The Morgan fingerprint density at radius 1 is 1.07 bits per heavy atom. The van der Waals surface area contributed by atoms with Gasteiger partial charge in [-0.1, -0.05) is 30.3 Å². The van der Waals surface area contributed by atoms with Crippen LogP contribution in [0.3, 0.4) is 0 Å². The van der Waals surface area contributed by atoms with Crippen molar-refractivity contribution in [1.82, 2.24) is 19.7 Å². The van der Waals surface area contributed by atoms with Crippen molar-refractivity contribution in [2.75, 3.05) is 11.9 Å². The van der Waals surface area contributed by atoms with Gasteiger partial charge >= 0.3 is 0 Å². The van der Waals surface area contributed by atoms with Gasteiger partial charge in [-0.2, -0.15) is 5.10 Å². The van der Waals surface area contributed by atoms with Crippen LogP contribution in [0.25, 0.3) is 0 Å². The highest BCUT2D eigenvalue weighted by Crippen LogP contribution is 2.21. The first-order valence-electron chi connectivity index (χ1n) is 9.79. The van der Waals surface area contributed by atoms with Gasteiger partial charge in [0.05, 0.1) is 6.04 Å². The Bertz CT molecular complexity index is 894. The third-order valence-corrected chi connectivity index (χ3v) is 5.17. The molecular weight excluding hydrogens is 350 g/mol. The Kier molecular flexibility index (Phi) is 5.77. The normalized spacial score (nSPS) is 16.9. The summed E-state index contributed by atoms with van der Waals surface area (Å²) in [5, 5.41) is 7.49. The molecule has 144 valence electrons. The van der Waals surface area contributed by atoms with Crippen molar-refractivity contribution in [1.29, 1.82) is 0 Å². The molecule has 0 aliphatic carbocycles. The highest BCUT2D eigenvalue weighted by molar-refractivity contribution is 5.94. The standard InChI is InChI=1S/C22H25N5O/c28-22(20-7-4-14-26(20)17-19-5-2-1-3-6-19)24-21-11-16-27(25-21)15-10-18-8-12-23-13-9-18/h1-3,5-6,8-9,11-13,16,20H,4,7,10,14-15,17H2,(H,24,25,28). The van der Waals surface area contributed by atoms with Crippen molar-refractivity contribution in [3.05, 3.63) is 78.2 Å². The lowest BCUT2D eigenvalue weighted by Crippen LogP contribution is -2.39. The van der Waals surface area contributed by atoms with Gasteiger partial charge in [0, 0.05) is 37.7 Å². The molecule has 0 saturated carbocycles. The fourth-order valence-electron chi connectivity index (χ4n) is 3.69. The number of pyridine rings is 1. The van der Waals surface area contributed by atoms with E-state index >= 15 is 0 Å². The number of benzene rings is 1. The number of nitrogens with zero attached hydrogens (tertiary/aromatic N) is 4. The van der Waals surface area contributed by atoms with E-state index in [0.717, 1.165) is 38.9 Å². The second kappa shape index (κ2) is 8.80. The minimum Gasteiger partial charge on any atom is -0.308 e. The molecule has 3 heterocycles. The van der Waals surface area contributed by atoms with Gasteiger partial charge in [0.1, 0.15) is 0 Å². The lowest BCUT2D eigenvalue weighted by Gasteiger charge is -2.23. The minimum absolute atomic E-state index is 0.0350. The molecule has 4 rings (SSSR count). The molecule has 0 spiro atoms. The van der Waals surface area contributed by atoms with Crippen LogP contribution >= 0.6 is 0 Å². The summed E-state index contributed by atoms with van der Waals surface area (Å²) in [7, 11) is 0. The van der Waals surface area contributed by atoms with Crippen molar-refractivity contribution in [2.24, 2.45) is 0 Å². The van der Waals surface area contributed by atoms with E-state index < -0.39 is 0 Å². The van der Waals surface area contributed by atoms with Crippen LogP contribution in [0, 0.1) is 0 Å². The topological polar surface area (TPSA) is 63.1 Å². The number of amides is 1. The molecule has 1 atom stereocenters. The third-order valence-electron chi connectivity index (χ3n) is 5.17. The summed E-state index contributed by atoms with van der Waals surface area (Å²) in [5.74, 6) is 0.652. The summed E-state index contributed by atoms with van der Waals surface area (Å²) in [6.45, 7) is 2.52. The summed E-state index contributed by atoms with van der Waals surface area (Å²) >= 11 is 0. The molecule has 28 heavy (non-hydrogen) atoms. The van der Waals surface area contributed by atoms with Gasteiger partial charge < -0.3 is 5.32 Å². The van der Waals surface area contributed by atoms with E-state index in [1.165, 1.54) is 11.1 Å². The number of hydrogen-bond donors (Lipinski definition) is 1. The van der Waals surface area contributed by atoms with Crippen LogP contribution in [0.15, 0.2) is 67.1 Å². The maximum Gasteiger partial charge on any atom is 0.242 e. The lowest BCUT2D eigenvalue weighted by molar-refractivity contribution is -0.120. The predicted molar refractivity (Wildman–Crippen MR) is 109 cm³/mol. The summed E-state index contributed by atoms with van der Waals surface area (Å²) in [6.07, 6.45) is 8.32. The molecule has 0 radical (unpaired) electrons. The van der Waals surface area contributed by atoms with Gasteiger partial charge in [0.15, 0.2) is 5.82 Å². The fourth-order valence-corrected chi connectivity index (χ4v) is 3.69. The van der Waals surface area contributed by atoms with E-state index in [2.05, 4.69) is 32.4 Å². The van der Waals surface area contributed by atoms with Crippen LogP contribution < -0.4 is 5.32 Å². The van der Waals surface area contributed by atoms with Crippen molar-refractivity contribution in [3.8, 4) is 0 Å². The Morgan fingerprint density at radius 2 is 1.89 bits per heavy atom. The van der Waals surface area contributed by atoms with Crippen LogP contribution in [-0.2, 0) is 24.3 Å². The van der Waals surface area contributed by atoms with E-state index in [-0.39, 0.29) is 11.9 Å². The Balaban J connectivity index is 1.32. The predicted octanol–water partition coefficient (Wildman–Crippen LogP) is 3.12. The number of nitrogens with one attached hydrogen (secondary N) is 1. The number of anilines is 1. The van der Waals surface area contributed by atoms with Gasteiger partial charge in [-0.25, -0.2) is 0 Å². The fraction of sp³-hybridized carbons (Fsp3) is 0.318. The highest BCUT2D eigenvalue weighted by atomic mass is 16.2. The van der Waals surface area contributed by atoms with Crippen LogP contribution in [0.2, 0.25) is 0 Å². The van der Waals surface area contributed by atoms with E-state index in [4.69, 9.17) is 0 Å². The average Bonchev–Trinajstić information content (AvgIpc) is 3.37. The number of carbonyl (C=O) groups is 1. The molecule has 6 heteroatoms. The number of hydrogen-bond acceptors (Lipinski definition) is 4. The summed E-state index contributed by atoms with van der Waals surface area (Å²) in [5.41, 5.74) is 2.46. The van der Waals surface area contributed by atoms with Crippen LogP contribution in [0.4, 0.5) is 5.82 Å². The molecule has 1 fully saturated rings. The van der Waals surface area contributed by atoms with E-state index in [1.807, 2.05) is 47.3 Å². The van der Waals surface area contributed by atoms with Gasteiger partial charge in [-0.05, 0) is 49.1 Å². The maximum atomic E-state index is 12.8. The molecular formula is C22H25N5O. The first kappa shape index (κ1) is 18.4. The second-order valence-electron chi connectivity index (χ2n) is 7.17. The van der Waals surface area contributed by atoms with Gasteiger partial charge in [-0.3, -0.25) is 19.4 Å². The number of aryl methyl sites for hydroxylation is 2. The SMILES string of the molecule is O=C(Nc1ccn(CCc2ccncc2)n1)C1CCCN1Cc1ccccc1. The molecule has 1 aliphatic rings. The van der Waals surface area contributed by atoms with Gasteiger partial charge in [-0.15, -0.1) is 0 Å². The molecule has 2 aromatic heterocycles. The molecule has 1 unspecified atom stereocenters. The molecule has 3 aromatic rings. The number of carbonyl (C=O) groups excluding carboxylic acids is 1. The van der Waals surface area contributed by atoms with E-state index in [1.54, 1.807) is 12.4 Å². The molecule has 1 aromatic carbocycles. The quantitative estimate of drug-likeness (QED) is 0.689. The first-order chi connectivity index (χ1) is 13.8. The van der Waals surface area contributed by atoms with Crippen molar-refractivity contribution in [3.63, 3.8) is 0 Å². The highest BCUT2D eigenvalue weighted by Gasteiger charge is 2.30. The molecule has 6 nitrogen and oxygen atoms in total. The zero-order valence-electron chi connectivity index (χ0n) is 15.9. The maximum absolute atomic E-state index is 12.8.